The fourth-order valence-electron chi connectivity index (χ4n) is 2.37. The van der Waals surface area contributed by atoms with Gasteiger partial charge in [-0.25, -0.2) is 4.79 Å². The topological polar surface area (TPSA) is 87.0 Å². The minimum Gasteiger partial charge on any atom is -0.490 e. The number of ether oxygens (including phenoxy) is 3. The molecule has 150 valence electrons. The number of benzene rings is 1. The number of esters is 1. The molecule has 0 saturated heterocycles. The quantitative estimate of drug-likeness (QED) is 0.471. The average molecular weight is 387 g/mol. The molecule has 1 aromatic carbocycles. The first-order chi connectivity index (χ1) is 13.6. The molecule has 0 aliphatic carbocycles. The summed E-state index contributed by atoms with van der Waals surface area (Å²) in [5.74, 6) is 0.940. The molecule has 0 aliphatic heterocycles. The number of carbonyl (C=O) groups excluding carboxylic acids is 2. The summed E-state index contributed by atoms with van der Waals surface area (Å²) in [6.07, 6.45) is 4.80. The number of hydrogen-bond donors (Lipinski definition) is 1. The number of rotatable bonds is 11. The van der Waals surface area contributed by atoms with Crippen LogP contribution in [0.5, 0.6) is 11.5 Å². The van der Waals surface area contributed by atoms with Crippen LogP contribution in [0.2, 0.25) is 0 Å². The largest absolute Gasteiger partial charge is 0.490 e. The highest BCUT2D eigenvalue weighted by Crippen LogP contribution is 2.28. The van der Waals surface area contributed by atoms with E-state index in [1.807, 2.05) is 32.0 Å². The van der Waals surface area contributed by atoms with Gasteiger partial charge in [0, 0.05) is 12.6 Å². The summed E-state index contributed by atoms with van der Waals surface area (Å²) in [4.78, 5) is 23.4. The summed E-state index contributed by atoms with van der Waals surface area (Å²) in [7, 11) is 0. The molecular formula is C21H25NO6. The maximum Gasteiger partial charge on any atom is 0.331 e. The molecule has 7 nitrogen and oxygen atoms in total. The van der Waals surface area contributed by atoms with Crippen molar-refractivity contribution in [2.75, 3.05) is 26.4 Å². The van der Waals surface area contributed by atoms with Crippen LogP contribution in [-0.4, -0.2) is 38.2 Å². The monoisotopic (exact) mass is 387 g/mol. The van der Waals surface area contributed by atoms with E-state index in [9.17, 15) is 9.59 Å². The van der Waals surface area contributed by atoms with Gasteiger partial charge in [0.15, 0.2) is 18.1 Å². The Hall–Kier alpha value is -3.22. The van der Waals surface area contributed by atoms with E-state index < -0.39 is 5.97 Å². The lowest BCUT2D eigenvalue weighted by molar-refractivity contribution is -0.143. The van der Waals surface area contributed by atoms with Gasteiger partial charge in [0.05, 0.1) is 19.5 Å². The molecular weight excluding hydrogens is 362 g/mol. The van der Waals surface area contributed by atoms with E-state index in [0.717, 1.165) is 5.56 Å². The zero-order valence-electron chi connectivity index (χ0n) is 16.1. The van der Waals surface area contributed by atoms with Crippen LogP contribution < -0.4 is 14.8 Å². The van der Waals surface area contributed by atoms with E-state index >= 15 is 0 Å². The van der Waals surface area contributed by atoms with Gasteiger partial charge in [-0.3, -0.25) is 4.79 Å². The van der Waals surface area contributed by atoms with E-state index in [-0.39, 0.29) is 12.5 Å². The molecule has 2 rings (SSSR count). The molecule has 7 heteroatoms. The minimum absolute atomic E-state index is 0.338. The van der Waals surface area contributed by atoms with Crippen LogP contribution in [0.1, 0.15) is 25.2 Å². The van der Waals surface area contributed by atoms with Crippen molar-refractivity contribution in [3.05, 3.63) is 54.0 Å². The number of amides is 1. The smallest absolute Gasteiger partial charge is 0.331 e. The Bertz CT molecular complexity index is 782. The second-order valence-corrected chi connectivity index (χ2v) is 5.70. The summed E-state index contributed by atoms with van der Waals surface area (Å²) in [5, 5.41) is 2.72. The number of furan rings is 1. The van der Waals surface area contributed by atoms with Crippen molar-refractivity contribution in [1.29, 1.82) is 0 Å². The molecule has 0 saturated carbocycles. The molecule has 0 atom stereocenters. The molecule has 2 aromatic rings. The highest BCUT2D eigenvalue weighted by atomic mass is 16.5. The number of hydrogen-bond acceptors (Lipinski definition) is 6. The first-order valence-electron chi connectivity index (χ1n) is 9.16. The maximum absolute atomic E-state index is 11.8. The van der Waals surface area contributed by atoms with E-state index in [1.54, 1.807) is 12.1 Å². The Labute approximate surface area is 164 Å². The Morgan fingerprint density at radius 3 is 2.61 bits per heavy atom. The van der Waals surface area contributed by atoms with Crippen molar-refractivity contribution < 1.29 is 28.2 Å². The van der Waals surface area contributed by atoms with Crippen LogP contribution in [-0.2, 0) is 20.7 Å². The highest BCUT2D eigenvalue weighted by Gasteiger charge is 2.08. The molecule has 1 aromatic heterocycles. The minimum atomic E-state index is -0.612. The van der Waals surface area contributed by atoms with E-state index in [1.165, 1.54) is 18.4 Å². The molecule has 0 radical (unpaired) electrons. The van der Waals surface area contributed by atoms with Crippen LogP contribution in [0.25, 0.3) is 6.08 Å². The fraction of sp³-hybridized carbons (Fsp3) is 0.333. The van der Waals surface area contributed by atoms with Gasteiger partial charge in [-0.2, -0.15) is 0 Å². The summed E-state index contributed by atoms with van der Waals surface area (Å²) in [6.45, 7) is 5.00. The summed E-state index contributed by atoms with van der Waals surface area (Å²) >= 11 is 0. The van der Waals surface area contributed by atoms with Crippen molar-refractivity contribution >= 4 is 18.0 Å². The van der Waals surface area contributed by atoms with Crippen LogP contribution in [0.3, 0.4) is 0 Å². The molecule has 0 aliphatic rings. The Kier molecular flexibility index (Phi) is 8.65. The SMILES string of the molecule is CCOc1ccc(CCNC(=O)COC(=O)/C=C/c2ccco2)cc1OCC. The van der Waals surface area contributed by atoms with Crippen LogP contribution in [0.15, 0.2) is 47.1 Å². The van der Waals surface area contributed by atoms with Gasteiger partial charge in [0.2, 0.25) is 0 Å². The van der Waals surface area contributed by atoms with Crippen LogP contribution >= 0.6 is 0 Å². The second kappa shape index (κ2) is 11.5. The molecule has 1 amide bonds. The first kappa shape index (κ1) is 21.1. The van der Waals surface area contributed by atoms with Crippen molar-refractivity contribution in [2.24, 2.45) is 0 Å². The zero-order valence-corrected chi connectivity index (χ0v) is 16.1. The molecule has 1 N–H and O–H groups in total. The number of nitrogens with one attached hydrogen (secondary N) is 1. The van der Waals surface area contributed by atoms with Gasteiger partial charge in [0.1, 0.15) is 5.76 Å². The Morgan fingerprint density at radius 1 is 1.11 bits per heavy atom. The lowest BCUT2D eigenvalue weighted by atomic mass is 10.1. The highest BCUT2D eigenvalue weighted by molar-refractivity contribution is 5.88. The van der Waals surface area contributed by atoms with E-state index in [0.29, 0.717) is 43.4 Å². The van der Waals surface area contributed by atoms with E-state index in [2.05, 4.69) is 5.32 Å². The van der Waals surface area contributed by atoms with Gasteiger partial charge in [0.25, 0.3) is 5.91 Å². The van der Waals surface area contributed by atoms with Gasteiger partial charge >= 0.3 is 5.97 Å². The number of carbonyl (C=O) groups is 2. The van der Waals surface area contributed by atoms with Gasteiger partial charge in [-0.1, -0.05) is 6.07 Å². The molecule has 1 heterocycles. The molecule has 0 spiro atoms. The Morgan fingerprint density at radius 2 is 1.89 bits per heavy atom. The van der Waals surface area contributed by atoms with Gasteiger partial charge in [-0.05, 0) is 56.2 Å². The third-order valence-electron chi connectivity index (χ3n) is 3.62. The van der Waals surface area contributed by atoms with Gasteiger partial charge < -0.3 is 23.9 Å². The molecule has 0 bridgehead atoms. The van der Waals surface area contributed by atoms with Crippen molar-refractivity contribution in [3.8, 4) is 11.5 Å². The summed E-state index contributed by atoms with van der Waals surface area (Å²) in [6, 6.07) is 9.10. The summed E-state index contributed by atoms with van der Waals surface area (Å²) in [5.41, 5.74) is 1.01. The molecule has 0 unspecified atom stereocenters. The van der Waals surface area contributed by atoms with Gasteiger partial charge in [-0.15, -0.1) is 0 Å². The summed E-state index contributed by atoms with van der Waals surface area (Å²) < 4.78 is 21.1. The second-order valence-electron chi connectivity index (χ2n) is 5.70. The third-order valence-corrected chi connectivity index (χ3v) is 3.62. The zero-order chi connectivity index (χ0) is 20.2. The van der Waals surface area contributed by atoms with Crippen LogP contribution in [0, 0.1) is 0 Å². The van der Waals surface area contributed by atoms with Crippen molar-refractivity contribution in [2.45, 2.75) is 20.3 Å². The normalized spacial score (nSPS) is 10.6. The lowest BCUT2D eigenvalue weighted by Crippen LogP contribution is -2.30. The third kappa shape index (κ3) is 7.19. The standard InChI is InChI=1S/C21H25NO6/c1-3-25-18-9-7-16(14-19(18)26-4-2)11-12-22-20(23)15-28-21(24)10-8-17-6-5-13-27-17/h5-10,13-14H,3-4,11-12,15H2,1-2H3,(H,22,23)/b10-8+. The van der Waals surface area contributed by atoms with Crippen molar-refractivity contribution in [1.82, 2.24) is 5.32 Å². The maximum atomic E-state index is 11.8. The average Bonchev–Trinajstić information content (AvgIpc) is 3.21. The predicted octanol–water partition coefficient (Wildman–Crippen LogP) is 2.99. The first-order valence-corrected chi connectivity index (χ1v) is 9.16. The Balaban J connectivity index is 1.72. The lowest BCUT2D eigenvalue weighted by Gasteiger charge is -2.12. The van der Waals surface area contributed by atoms with Crippen LogP contribution in [0.4, 0.5) is 0 Å². The predicted molar refractivity (Wildman–Crippen MR) is 104 cm³/mol. The molecule has 0 fully saturated rings. The fourth-order valence-corrected chi connectivity index (χ4v) is 2.37. The van der Waals surface area contributed by atoms with Crippen molar-refractivity contribution in [3.63, 3.8) is 0 Å². The van der Waals surface area contributed by atoms with E-state index in [4.69, 9.17) is 18.6 Å². The molecule has 28 heavy (non-hydrogen) atoms.